The number of furan rings is 1. The molecule has 0 fully saturated rings. The maximum atomic E-state index is 10.5. The Morgan fingerprint density at radius 1 is 1.27 bits per heavy atom. The summed E-state index contributed by atoms with van der Waals surface area (Å²) in [5.74, 6) is 2.00. The van der Waals surface area contributed by atoms with E-state index in [1.807, 2.05) is 45.0 Å². The zero-order valence-electron chi connectivity index (χ0n) is 16.0. The highest BCUT2D eigenvalue weighted by Gasteiger charge is 2.26. The smallest absolute Gasteiger partial charge is 0.191 e. The number of nitrogens with one attached hydrogen (secondary N) is 2. The molecule has 0 saturated heterocycles. The molecule has 0 bridgehead atoms. The van der Waals surface area contributed by atoms with Crippen molar-refractivity contribution in [2.75, 3.05) is 19.6 Å². The first-order valence-corrected chi connectivity index (χ1v) is 8.93. The summed E-state index contributed by atoms with van der Waals surface area (Å²) in [7, 11) is 0. The van der Waals surface area contributed by atoms with Gasteiger partial charge in [0.05, 0.1) is 19.4 Å². The molecule has 2 rings (SSSR count). The molecule has 2 unspecified atom stereocenters. The molecule has 0 saturated carbocycles. The zero-order valence-corrected chi connectivity index (χ0v) is 16.0. The van der Waals surface area contributed by atoms with Gasteiger partial charge in [0, 0.05) is 6.54 Å². The summed E-state index contributed by atoms with van der Waals surface area (Å²) in [6.45, 7) is 9.20. The van der Waals surface area contributed by atoms with Crippen LogP contribution >= 0.6 is 0 Å². The summed E-state index contributed by atoms with van der Waals surface area (Å²) in [6.07, 6.45) is 1.51. The number of para-hydroxylation sites is 1. The third-order valence-electron chi connectivity index (χ3n) is 3.92. The summed E-state index contributed by atoms with van der Waals surface area (Å²) in [5.41, 5.74) is -0.0517. The molecule has 0 spiro atoms. The standard InChI is InChI=1S/C20H29N3O3/c1-5-21-19(23-14-20(4,24)18-11-8-12-25-18)22-13-16(3)26-17-10-7-6-9-15(17)2/h6-12,16,24H,5,13-14H2,1-4H3,(H2,21,22,23). The molecule has 0 aliphatic carbocycles. The predicted molar refractivity (Wildman–Crippen MR) is 104 cm³/mol. The molecule has 0 aliphatic rings. The Labute approximate surface area is 155 Å². The minimum atomic E-state index is -1.16. The number of hydrogen-bond donors (Lipinski definition) is 3. The monoisotopic (exact) mass is 359 g/mol. The first-order chi connectivity index (χ1) is 12.4. The van der Waals surface area contributed by atoms with Crippen molar-refractivity contribution in [3.63, 3.8) is 0 Å². The Kier molecular flexibility index (Phi) is 7.09. The van der Waals surface area contributed by atoms with Crippen LogP contribution in [0.1, 0.15) is 32.1 Å². The quantitative estimate of drug-likeness (QED) is 0.499. The minimum absolute atomic E-state index is 0.0365. The van der Waals surface area contributed by atoms with E-state index in [1.54, 1.807) is 25.3 Å². The van der Waals surface area contributed by atoms with E-state index in [2.05, 4.69) is 15.6 Å². The van der Waals surface area contributed by atoms with Crippen molar-refractivity contribution >= 4 is 5.96 Å². The topological polar surface area (TPSA) is 79.0 Å². The lowest BCUT2D eigenvalue weighted by Gasteiger charge is -2.21. The van der Waals surface area contributed by atoms with E-state index >= 15 is 0 Å². The van der Waals surface area contributed by atoms with Crippen LogP contribution in [-0.4, -0.2) is 36.8 Å². The maximum Gasteiger partial charge on any atom is 0.191 e. The lowest BCUT2D eigenvalue weighted by atomic mass is 10.0. The molecule has 1 aromatic heterocycles. The zero-order chi connectivity index (χ0) is 19.0. The molecular weight excluding hydrogens is 330 g/mol. The Morgan fingerprint density at radius 2 is 2.04 bits per heavy atom. The first kappa shape index (κ1) is 19.8. The van der Waals surface area contributed by atoms with E-state index < -0.39 is 5.60 Å². The Morgan fingerprint density at radius 3 is 2.69 bits per heavy atom. The highest BCUT2D eigenvalue weighted by Crippen LogP contribution is 2.21. The molecule has 142 valence electrons. The normalized spacial score (nSPS) is 15.2. The summed E-state index contributed by atoms with van der Waals surface area (Å²) in [5, 5.41) is 16.9. The largest absolute Gasteiger partial charge is 0.489 e. The van der Waals surface area contributed by atoms with Gasteiger partial charge in [-0.15, -0.1) is 0 Å². The number of rotatable bonds is 8. The van der Waals surface area contributed by atoms with Crippen LogP contribution in [0.15, 0.2) is 52.1 Å². The molecule has 26 heavy (non-hydrogen) atoms. The van der Waals surface area contributed by atoms with Crippen LogP contribution in [0.2, 0.25) is 0 Å². The maximum absolute atomic E-state index is 10.5. The second-order valence-corrected chi connectivity index (χ2v) is 6.52. The second kappa shape index (κ2) is 9.29. The number of ether oxygens (including phenoxy) is 1. The predicted octanol–water partition coefficient (Wildman–Crippen LogP) is 2.82. The summed E-state index contributed by atoms with van der Waals surface area (Å²) >= 11 is 0. The number of aliphatic imine (C=N–C) groups is 1. The van der Waals surface area contributed by atoms with Crippen molar-refractivity contribution in [1.82, 2.24) is 10.6 Å². The van der Waals surface area contributed by atoms with Gasteiger partial charge in [-0.05, 0) is 51.5 Å². The van der Waals surface area contributed by atoms with Crippen LogP contribution in [-0.2, 0) is 5.60 Å². The van der Waals surface area contributed by atoms with E-state index in [-0.39, 0.29) is 12.6 Å². The Bertz CT molecular complexity index is 696. The van der Waals surface area contributed by atoms with Crippen molar-refractivity contribution in [3.8, 4) is 5.75 Å². The summed E-state index contributed by atoms with van der Waals surface area (Å²) < 4.78 is 11.3. The van der Waals surface area contributed by atoms with Gasteiger partial charge in [0.15, 0.2) is 5.96 Å². The van der Waals surface area contributed by atoms with Crippen LogP contribution in [0.3, 0.4) is 0 Å². The van der Waals surface area contributed by atoms with Crippen LogP contribution in [0.4, 0.5) is 0 Å². The number of benzene rings is 1. The average molecular weight is 359 g/mol. The summed E-state index contributed by atoms with van der Waals surface area (Å²) in [4.78, 5) is 4.47. The number of aliphatic hydroxyl groups is 1. The average Bonchev–Trinajstić information content (AvgIpc) is 3.15. The Balaban J connectivity index is 1.91. The lowest BCUT2D eigenvalue weighted by molar-refractivity contribution is 0.0437. The fraction of sp³-hybridized carbons (Fsp3) is 0.450. The van der Waals surface area contributed by atoms with Gasteiger partial charge >= 0.3 is 0 Å². The number of hydrogen-bond acceptors (Lipinski definition) is 4. The van der Waals surface area contributed by atoms with Gasteiger partial charge in [-0.3, -0.25) is 0 Å². The van der Waals surface area contributed by atoms with Crippen molar-refractivity contribution in [2.24, 2.45) is 4.99 Å². The van der Waals surface area contributed by atoms with Gasteiger partial charge < -0.3 is 24.9 Å². The van der Waals surface area contributed by atoms with Crippen LogP contribution in [0, 0.1) is 6.92 Å². The molecule has 6 nitrogen and oxygen atoms in total. The lowest BCUT2D eigenvalue weighted by Crippen LogP contribution is -2.42. The SMILES string of the molecule is CCNC(=NCC(C)(O)c1ccco1)NCC(C)Oc1ccccc1C. The molecule has 2 atom stereocenters. The van der Waals surface area contributed by atoms with Gasteiger partial charge in [0.2, 0.25) is 0 Å². The van der Waals surface area contributed by atoms with E-state index in [0.717, 1.165) is 17.9 Å². The molecular formula is C20H29N3O3. The summed E-state index contributed by atoms with van der Waals surface area (Å²) in [6, 6.07) is 11.4. The van der Waals surface area contributed by atoms with Crippen LogP contribution in [0.25, 0.3) is 0 Å². The third-order valence-corrected chi connectivity index (χ3v) is 3.92. The van der Waals surface area contributed by atoms with Gasteiger partial charge in [-0.25, -0.2) is 4.99 Å². The van der Waals surface area contributed by atoms with E-state index in [1.165, 1.54) is 0 Å². The number of guanidine groups is 1. The molecule has 0 radical (unpaired) electrons. The van der Waals surface area contributed by atoms with E-state index in [0.29, 0.717) is 18.3 Å². The second-order valence-electron chi connectivity index (χ2n) is 6.52. The Hall–Kier alpha value is -2.47. The molecule has 1 heterocycles. The van der Waals surface area contributed by atoms with Gasteiger partial charge in [0.1, 0.15) is 23.2 Å². The molecule has 3 N–H and O–H groups in total. The third kappa shape index (κ3) is 5.81. The highest BCUT2D eigenvalue weighted by molar-refractivity contribution is 5.79. The number of aryl methyl sites for hydroxylation is 1. The van der Waals surface area contributed by atoms with E-state index in [4.69, 9.17) is 9.15 Å². The fourth-order valence-corrected chi connectivity index (χ4v) is 2.43. The minimum Gasteiger partial charge on any atom is -0.489 e. The van der Waals surface area contributed by atoms with E-state index in [9.17, 15) is 5.11 Å². The van der Waals surface area contributed by atoms with Crippen molar-refractivity contribution in [3.05, 3.63) is 54.0 Å². The number of nitrogens with zero attached hydrogens (tertiary/aromatic N) is 1. The molecule has 0 amide bonds. The van der Waals surface area contributed by atoms with Crippen LogP contribution < -0.4 is 15.4 Å². The van der Waals surface area contributed by atoms with Crippen LogP contribution in [0.5, 0.6) is 5.75 Å². The van der Waals surface area contributed by atoms with Gasteiger partial charge in [0.25, 0.3) is 0 Å². The highest BCUT2D eigenvalue weighted by atomic mass is 16.5. The first-order valence-electron chi connectivity index (χ1n) is 8.93. The van der Waals surface area contributed by atoms with Gasteiger partial charge in [-0.1, -0.05) is 18.2 Å². The fourth-order valence-electron chi connectivity index (χ4n) is 2.43. The molecule has 2 aromatic rings. The molecule has 1 aromatic carbocycles. The van der Waals surface area contributed by atoms with Crippen molar-refractivity contribution < 1.29 is 14.3 Å². The van der Waals surface area contributed by atoms with Crippen molar-refractivity contribution in [2.45, 2.75) is 39.4 Å². The van der Waals surface area contributed by atoms with Gasteiger partial charge in [-0.2, -0.15) is 0 Å². The molecule has 6 heteroatoms. The van der Waals surface area contributed by atoms with Crippen molar-refractivity contribution in [1.29, 1.82) is 0 Å². The molecule has 0 aliphatic heterocycles.